The normalized spacial score (nSPS) is 47.2. The van der Waals surface area contributed by atoms with Crippen molar-refractivity contribution in [3.05, 3.63) is 0 Å². The maximum Gasteiger partial charge on any atom is 0.330 e. The second-order valence-corrected chi connectivity index (χ2v) is 10.2. The summed E-state index contributed by atoms with van der Waals surface area (Å²) in [4.78, 5) is 26.5. The van der Waals surface area contributed by atoms with Gasteiger partial charge in [0.15, 0.2) is 0 Å². The van der Waals surface area contributed by atoms with Crippen molar-refractivity contribution in [1.82, 2.24) is 4.90 Å². The van der Waals surface area contributed by atoms with Crippen LogP contribution in [0.15, 0.2) is 0 Å². The zero-order chi connectivity index (χ0) is 16.6. The second kappa shape index (κ2) is 4.90. The van der Waals surface area contributed by atoms with E-state index >= 15 is 0 Å². The Morgan fingerprint density at radius 3 is 2.70 bits per heavy atom. The highest BCUT2D eigenvalue weighted by Crippen LogP contribution is 2.61. The number of carbonyl (C=O) groups is 2. The summed E-state index contributed by atoms with van der Waals surface area (Å²) in [6.45, 7) is 9.01. The zero-order valence-electron chi connectivity index (χ0n) is 14.5. The summed E-state index contributed by atoms with van der Waals surface area (Å²) in [6.07, 6.45) is 3.71. The van der Waals surface area contributed by atoms with Gasteiger partial charge in [0, 0.05) is 12.2 Å². The lowest BCUT2D eigenvalue weighted by atomic mass is 9.45. The highest BCUT2D eigenvalue weighted by atomic mass is 32.2. The Bertz CT molecular complexity index is 562. The Balaban J connectivity index is 1.44. The van der Waals surface area contributed by atoms with E-state index in [2.05, 4.69) is 27.7 Å². The average Bonchev–Trinajstić information content (AvgIpc) is 2.97. The first-order chi connectivity index (χ1) is 10.7. The molecule has 0 aromatic heterocycles. The van der Waals surface area contributed by atoms with Crippen LogP contribution in [0.1, 0.15) is 53.4 Å². The number of hydrogen-bond donors (Lipinski definition) is 0. The number of hydrogen-bond acceptors (Lipinski definition) is 4. The first-order valence-electron chi connectivity index (χ1n) is 8.90. The van der Waals surface area contributed by atoms with Gasteiger partial charge in [0.05, 0.1) is 4.87 Å². The largest absolute Gasteiger partial charge is 0.461 e. The van der Waals surface area contributed by atoms with Gasteiger partial charge in [-0.1, -0.05) is 20.8 Å². The zero-order valence-corrected chi connectivity index (χ0v) is 15.3. The molecule has 5 aliphatic rings. The molecule has 128 valence electrons. The molecule has 0 unspecified atom stereocenters. The monoisotopic (exact) mass is 337 g/mol. The van der Waals surface area contributed by atoms with Crippen LogP contribution in [0.25, 0.3) is 0 Å². The van der Waals surface area contributed by atoms with Crippen molar-refractivity contribution in [2.24, 2.45) is 23.2 Å². The van der Waals surface area contributed by atoms with Crippen molar-refractivity contribution in [1.29, 1.82) is 0 Å². The summed E-state index contributed by atoms with van der Waals surface area (Å²) >= 11 is 1.73. The van der Waals surface area contributed by atoms with E-state index in [0.29, 0.717) is 35.3 Å². The third kappa shape index (κ3) is 2.11. The van der Waals surface area contributed by atoms with Crippen molar-refractivity contribution < 1.29 is 14.3 Å². The van der Waals surface area contributed by atoms with E-state index in [1.807, 2.05) is 0 Å². The molecule has 5 rings (SSSR count). The number of esters is 1. The van der Waals surface area contributed by atoms with Crippen molar-refractivity contribution in [3.63, 3.8) is 0 Å². The van der Waals surface area contributed by atoms with E-state index in [9.17, 15) is 9.59 Å². The summed E-state index contributed by atoms with van der Waals surface area (Å²) in [5.41, 5.74) is 0.398. The molecule has 2 aliphatic heterocycles. The van der Waals surface area contributed by atoms with Crippen molar-refractivity contribution in [2.45, 2.75) is 70.4 Å². The molecule has 23 heavy (non-hydrogen) atoms. The van der Waals surface area contributed by atoms with E-state index < -0.39 is 0 Å². The van der Waals surface area contributed by atoms with Gasteiger partial charge in [-0.05, 0) is 49.4 Å². The Morgan fingerprint density at radius 1 is 1.30 bits per heavy atom. The Morgan fingerprint density at radius 2 is 2.04 bits per heavy atom. The van der Waals surface area contributed by atoms with Gasteiger partial charge in [-0.2, -0.15) is 0 Å². The topological polar surface area (TPSA) is 46.6 Å². The average molecular weight is 337 g/mol. The van der Waals surface area contributed by atoms with Crippen LogP contribution in [0, 0.1) is 23.2 Å². The van der Waals surface area contributed by atoms with E-state index in [1.54, 1.807) is 16.7 Å². The molecule has 5 heteroatoms. The van der Waals surface area contributed by atoms with E-state index in [0.717, 1.165) is 12.8 Å². The number of thioether (sulfide) groups is 1. The van der Waals surface area contributed by atoms with Gasteiger partial charge in [0.25, 0.3) is 0 Å². The predicted octanol–water partition coefficient (Wildman–Crippen LogP) is 3.05. The minimum Gasteiger partial charge on any atom is -0.461 e. The molecular formula is C18H27NO3S. The first-order valence-corrected chi connectivity index (χ1v) is 9.89. The molecule has 2 heterocycles. The minimum atomic E-state index is -0.376. The fourth-order valence-corrected chi connectivity index (χ4v) is 6.90. The van der Waals surface area contributed by atoms with Crippen molar-refractivity contribution >= 4 is 23.6 Å². The van der Waals surface area contributed by atoms with Gasteiger partial charge in [-0.15, -0.1) is 11.8 Å². The molecule has 2 bridgehead atoms. The molecule has 0 aromatic rings. The lowest BCUT2D eigenvalue weighted by Crippen LogP contribution is -2.58. The third-order valence-electron chi connectivity index (χ3n) is 7.27. The van der Waals surface area contributed by atoms with Gasteiger partial charge < -0.3 is 9.64 Å². The lowest BCUT2D eigenvalue weighted by molar-refractivity contribution is -0.190. The van der Waals surface area contributed by atoms with E-state index in [-0.39, 0.29) is 28.9 Å². The maximum absolute atomic E-state index is 12.7. The van der Waals surface area contributed by atoms with Crippen molar-refractivity contribution in [2.75, 3.05) is 5.75 Å². The fourth-order valence-electron chi connectivity index (χ4n) is 5.48. The molecule has 1 amide bonds. The van der Waals surface area contributed by atoms with Crippen LogP contribution < -0.4 is 0 Å². The van der Waals surface area contributed by atoms with Gasteiger partial charge in [0.1, 0.15) is 12.1 Å². The quantitative estimate of drug-likeness (QED) is 0.727. The Kier molecular flexibility index (Phi) is 3.37. The number of ether oxygens (including phenoxy) is 1. The molecule has 3 aliphatic carbocycles. The van der Waals surface area contributed by atoms with Crippen LogP contribution in [-0.4, -0.2) is 39.5 Å². The summed E-state index contributed by atoms with van der Waals surface area (Å²) in [7, 11) is 0. The standard InChI is InChI=1S/C18H27NO3S/c1-10-12-7-11(17(12,2)3)8-14(10)22-16(21)13-9-23-18(4)6-5-15(20)19(13)18/h10-14H,5-9H2,1-4H3/t10-,11+,12+,13+,14+,18+/m0/s1. The molecular weight excluding hydrogens is 310 g/mol. The van der Waals surface area contributed by atoms with Gasteiger partial charge in [0.2, 0.25) is 5.91 Å². The third-order valence-corrected chi connectivity index (χ3v) is 8.77. The van der Waals surface area contributed by atoms with E-state index in [1.165, 1.54) is 6.42 Å². The van der Waals surface area contributed by atoms with Crippen LogP contribution in [0.5, 0.6) is 0 Å². The molecule has 3 saturated carbocycles. The molecule has 0 radical (unpaired) electrons. The predicted molar refractivity (Wildman–Crippen MR) is 89.8 cm³/mol. The number of carbonyl (C=O) groups excluding carboxylic acids is 2. The van der Waals surface area contributed by atoms with Crippen LogP contribution >= 0.6 is 11.8 Å². The molecule has 5 fully saturated rings. The smallest absolute Gasteiger partial charge is 0.330 e. The molecule has 0 spiro atoms. The Labute approximate surface area is 142 Å². The fraction of sp³-hybridized carbons (Fsp3) is 0.889. The van der Waals surface area contributed by atoms with Crippen LogP contribution in [0.3, 0.4) is 0 Å². The SMILES string of the molecule is C[C@H]1[C@H]2C[C@H](C[C@H]1OC(=O)[C@H]1CS[C@]3(C)CCC(=O)N13)C2(C)C. The summed E-state index contributed by atoms with van der Waals surface area (Å²) in [6, 6.07) is -0.376. The molecule has 4 nitrogen and oxygen atoms in total. The number of fused-ring (bicyclic) bond motifs is 3. The molecule has 6 atom stereocenters. The molecule has 0 N–H and O–H groups in total. The van der Waals surface area contributed by atoms with Crippen LogP contribution in [-0.2, 0) is 14.3 Å². The Hall–Kier alpha value is -0.710. The number of rotatable bonds is 2. The summed E-state index contributed by atoms with van der Waals surface area (Å²) in [5.74, 6) is 2.38. The maximum atomic E-state index is 12.7. The van der Waals surface area contributed by atoms with Gasteiger partial charge in [-0.3, -0.25) is 4.79 Å². The highest BCUT2D eigenvalue weighted by Gasteiger charge is 2.58. The van der Waals surface area contributed by atoms with Gasteiger partial charge in [-0.25, -0.2) is 4.79 Å². The lowest BCUT2D eigenvalue weighted by Gasteiger charge is -2.61. The van der Waals surface area contributed by atoms with Crippen LogP contribution in [0.2, 0.25) is 0 Å². The minimum absolute atomic E-state index is 0.0360. The van der Waals surface area contributed by atoms with Gasteiger partial charge >= 0.3 is 5.97 Å². The van der Waals surface area contributed by atoms with Crippen LogP contribution in [0.4, 0.5) is 0 Å². The van der Waals surface area contributed by atoms with E-state index in [4.69, 9.17) is 4.74 Å². The molecule has 2 saturated heterocycles. The number of nitrogens with zero attached hydrogens (tertiary/aromatic N) is 1. The first kappa shape index (κ1) is 15.8. The van der Waals surface area contributed by atoms with Crippen molar-refractivity contribution in [3.8, 4) is 0 Å². The molecule has 0 aromatic carbocycles. The summed E-state index contributed by atoms with van der Waals surface area (Å²) < 4.78 is 5.94. The number of amides is 1. The highest BCUT2D eigenvalue weighted by molar-refractivity contribution is 8.01. The second-order valence-electron chi connectivity index (χ2n) is 8.70. The summed E-state index contributed by atoms with van der Waals surface area (Å²) in [5, 5.41) is 0.